The predicted octanol–water partition coefficient (Wildman–Crippen LogP) is 3.38. The van der Waals surface area contributed by atoms with Gasteiger partial charge in [0.1, 0.15) is 0 Å². The predicted molar refractivity (Wildman–Crippen MR) is 83.7 cm³/mol. The summed E-state index contributed by atoms with van der Waals surface area (Å²) >= 11 is 0. The normalized spacial score (nSPS) is 23.4. The molecule has 2 aliphatic rings. The lowest BCUT2D eigenvalue weighted by Gasteiger charge is -2.30. The second-order valence-corrected chi connectivity index (χ2v) is 6.70. The van der Waals surface area contributed by atoms with E-state index in [2.05, 4.69) is 17.6 Å². The molecule has 3 nitrogen and oxygen atoms in total. The third-order valence-electron chi connectivity index (χ3n) is 5.15. The van der Waals surface area contributed by atoms with Crippen molar-refractivity contribution in [3.8, 4) is 0 Å². The Morgan fingerprint density at radius 1 is 1.00 bits per heavy atom. The van der Waals surface area contributed by atoms with Crippen molar-refractivity contribution in [1.82, 2.24) is 10.6 Å². The lowest BCUT2D eigenvalue weighted by Crippen LogP contribution is -2.45. The molecule has 0 radical (unpaired) electrons. The zero-order chi connectivity index (χ0) is 14.2. The SMILES string of the molecule is CCC(NCC(=O)NC1CCCCC1)C1CCCCC1. The van der Waals surface area contributed by atoms with Crippen LogP contribution < -0.4 is 10.6 Å². The van der Waals surface area contributed by atoms with Crippen molar-refractivity contribution >= 4 is 5.91 Å². The average Bonchev–Trinajstić information content (AvgIpc) is 2.50. The molecular weight excluding hydrogens is 248 g/mol. The maximum Gasteiger partial charge on any atom is 0.234 e. The van der Waals surface area contributed by atoms with Crippen molar-refractivity contribution in [2.45, 2.75) is 89.6 Å². The highest BCUT2D eigenvalue weighted by Crippen LogP contribution is 2.27. The highest BCUT2D eigenvalue weighted by atomic mass is 16.1. The number of rotatable bonds is 6. The average molecular weight is 280 g/mol. The van der Waals surface area contributed by atoms with Gasteiger partial charge in [-0.3, -0.25) is 4.79 Å². The first-order valence-corrected chi connectivity index (χ1v) is 8.82. The lowest BCUT2D eigenvalue weighted by molar-refractivity contribution is -0.121. The quantitative estimate of drug-likeness (QED) is 0.783. The van der Waals surface area contributed by atoms with Crippen LogP contribution in [0.4, 0.5) is 0 Å². The molecule has 2 rings (SSSR count). The molecule has 2 aliphatic carbocycles. The zero-order valence-electron chi connectivity index (χ0n) is 13.1. The van der Waals surface area contributed by atoms with E-state index >= 15 is 0 Å². The summed E-state index contributed by atoms with van der Waals surface area (Å²) in [5.41, 5.74) is 0. The fourth-order valence-electron chi connectivity index (χ4n) is 3.93. The van der Waals surface area contributed by atoms with Crippen LogP contribution >= 0.6 is 0 Å². The maximum absolute atomic E-state index is 12.0. The minimum Gasteiger partial charge on any atom is -0.352 e. The van der Waals surface area contributed by atoms with Gasteiger partial charge in [0.25, 0.3) is 0 Å². The summed E-state index contributed by atoms with van der Waals surface area (Å²) in [6.45, 7) is 2.75. The third kappa shape index (κ3) is 5.08. The van der Waals surface area contributed by atoms with E-state index in [1.165, 1.54) is 64.2 Å². The Labute approximate surface area is 124 Å². The van der Waals surface area contributed by atoms with Gasteiger partial charge >= 0.3 is 0 Å². The largest absolute Gasteiger partial charge is 0.352 e. The summed E-state index contributed by atoms with van der Waals surface area (Å²) < 4.78 is 0. The van der Waals surface area contributed by atoms with Gasteiger partial charge in [-0.05, 0) is 38.0 Å². The summed E-state index contributed by atoms with van der Waals surface area (Å²) in [6, 6.07) is 0.972. The van der Waals surface area contributed by atoms with Crippen LogP contribution in [0.2, 0.25) is 0 Å². The molecule has 2 N–H and O–H groups in total. The van der Waals surface area contributed by atoms with E-state index in [0.717, 1.165) is 12.3 Å². The van der Waals surface area contributed by atoms with E-state index in [1.807, 2.05) is 0 Å². The smallest absolute Gasteiger partial charge is 0.234 e. The molecule has 2 fully saturated rings. The van der Waals surface area contributed by atoms with Crippen LogP contribution in [-0.4, -0.2) is 24.5 Å². The molecular formula is C17H32N2O. The maximum atomic E-state index is 12.0. The van der Waals surface area contributed by atoms with Gasteiger partial charge in [0.05, 0.1) is 6.54 Å². The number of nitrogens with one attached hydrogen (secondary N) is 2. The van der Waals surface area contributed by atoms with E-state index in [0.29, 0.717) is 18.6 Å². The fraction of sp³-hybridized carbons (Fsp3) is 0.941. The number of amides is 1. The van der Waals surface area contributed by atoms with E-state index in [-0.39, 0.29) is 5.91 Å². The van der Waals surface area contributed by atoms with E-state index in [9.17, 15) is 4.79 Å². The number of carbonyl (C=O) groups is 1. The molecule has 20 heavy (non-hydrogen) atoms. The molecule has 0 saturated heterocycles. The van der Waals surface area contributed by atoms with Crippen LogP contribution in [0.25, 0.3) is 0 Å². The van der Waals surface area contributed by atoms with Crippen molar-refractivity contribution in [3.63, 3.8) is 0 Å². The van der Waals surface area contributed by atoms with Crippen molar-refractivity contribution in [2.24, 2.45) is 5.92 Å². The van der Waals surface area contributed by atoms with E-state index in [4.69, 9.17) is 0 Å². The minimum absolute atomic E-state index is 0.200. The molecule has 1 amide bonds. The molecule has 116 valence electrons. The van der Waals surface area contributed by atoms with Gasteiger partial charge in [-0.2, -0.15) is 0 Å². The summed E-state index contributed by atoms with van der Waals surface area (Å²) in [5.74, 6) is 0.988. The molecule has 0 aliphatic heterocycles. The Hall–Kier alpha value is -0.570. The first-order chi connectivity index (χ1) is 9.79. The molecule has 0 aromatic rings. The Morgan fingerprint density at radius 3 is 2.20 bits per heavy atom. The zero-order valence-corrected chi connectivity index (χ0v) is 13.1. The summed E-state index contributed by atoms with van der Waals surface area (Å²) in [5, 5.41) is 6.72. The topological polar surface area (TPSA) is 41.1 Å². The summed E-state index contributed by atoms with van der Waals surface area (Å²) in [7, 11) is 0. The van der Waals surface area contributed by atoms with Crippen molar-refractivity contribution in [2.75, 3.05) is 6.54 Å². The Balaban J connectivity index is 1.67. The van der Waals surface area contributed by atoms with Crippen LogP contribution in [0, 0.1) is 5.92 Å². The van der Waals surface area contributed by atoms with E-state index in [1.54, 1.807) is 0 Å². The van der Waals surface area contributed by atoms with Gasteiger partial charge in [0, 0.05) is 12.1 Å². The molecule has 0 spiro atoms. The Bertz CT molecular complexity index is 281. The molecule has 2 saturated carbocycles. The summed E-state index contributed by atoms with van der Waals surface area (Å²) in [6.07, 6.45) is 14.2. The molecule has 1 atom stereocenters. The molecule has 0 heterocycles. The highest BCUT2D eigenvalue weighted by Gasteiger charge is 2.23. The Kier molecular flexibility index (Phi) is 6.85. The van der Waals surface area contributed by atoms with Crippen LogP contribution in [0.3, 0.4) is 0 Å². The third-order valence-corrected chi connectivity index (χ3v) is 5.15. The number of hydrogen-bond donors (Lipinski definition) is 2. The van der Waals surface area contributed by atoms with Gasteiger partial charge in [0.15, 0.2) is 0 Å². The van der Waals surface area contributed by atoms with Gasteiger partial charge in [-0.1, -0.05) is 45.4 Å². The van der Waals surface area contributed by atoms with Crippen molar-refractivity contribution < 1.29 is 4.79 Å². The summed E-state index contributed by atoms with van der Waals surface area (Å²) in [4.78, 5) is 12.0. The van der Waals surface area contributed by atoms with Gasteiger partial charge < -0.3 is 10.6 Å². The highest BCUT2D eigenvalue weighted by molar-refractivity contribution is 5.78. The van der Waals surface area contributed by atoms with Crippen molar-refractivity contribution in [3.05, 3.63) is 0 Å². The van der Waals surface area contributed by atoms with Crippen LogP contribution in [0.5, 0.6) is 0 Å². The van der Waals surface area contributed by atoms with Crippen molar-refractivity contribution in [1.29, 1.82) is 0 Å². The lowest BCUT2D eigenvalue weighted by atomic mass is 9.83. The van der Waals surface area contributed by atoms with Gasteiger partial charge in [0.2, 0.25) is 5.91 Å². The van der Waals surface area contributed by atoms with E-state index < -0.39 is 0 Å². The first kappa shape index (κ1) is 15.8. The molecule has 0 bridgehead atoms. The number of hydrogen-bond acceptors (Lipinski definition) is 2. The standard InChI is InChI=1S/C17H32N2O/c1-2-16(14-9-5-3-6-10-14)18-13-17(20)19-15-11-7-4-8-12-15/h14-16,18H,2-13H2,1H3,(H,19,20). The first-order valence-electron chi connectivity index (χ1n) is 8.82. The molecule has 3 heteroatoms. The molecule has 0 aromatic heterocycles. The number of carbonyl (C=O) groups excluding carboxylic acids is 1. The molecule has 1 unspecified atom stereocenters. The monoisotopic (exact) mass is 280 g/mol. The minimum atomic E-state index is 0.200. The Morgan fingerprint density at radius 2 is 1.60 bits per heavy atom. The second-order valence-electron chi connectivity index (χ2n) is 6.70. The fourth-order valence-corrected chi connectivity index (χ4v) is 3.93. The van der Waals surface area contributed by atoms with Crippen LogP contribution in [0.15, 0.2) is 0 Å². The van der Waals surface area contributed by atoms with Gasteiger partial charge in [-0.15, -0.1) is 0 Å². The van der Waals surface area contributed by atoms with Crippen LogP contribution in [-0.2, 0) is 4.79 Å². The van der Waals surface area contributed by atoms with Crippen LogP contribution in [0.1, 0.15) is 77.6 Å². The second kappa shape index (κ2) is 8.66. The van der Waals surface area contributed by atoms with Gasteiger partial charge in [-0.25, -0.2) is 0 Å². The molecule has 0 aromatic carbocycles.